The Morgan fingerprint density at radius 3 is 2.20 bits per heavy atom. The number of thioether (sulfide) groups is 1. The number of alkyl halides is 3. The third-order valence-corrected chi connectivity index (χ3v) is 8.36. The number of amides is 2. The van der Waals surface area contributed by atoms with Gasteiger partial charge in [0.1, 0.15) is 28.2 Å². The number of benzene rings is 2. The van der Waals surface area contributed by atoms with E-state index in [4.69, 9.17) is 15.6 Å². The van der Waals surface area contributed by atoms with Gasteiger partial charge in [0.25, 0.3) is 5.91 Å². The van der Waals surface area contributed by atoms with Crippen LogP contribution in [0.3, 0.4) is 0 Å². The van der Waals surface area contributed by atoms with Crippen LogP contribution in [-0.4, -0.2) is 67.2 Å². The number of β-lactam (4-membered cyclic amide) rings is 1. The fraction of sp³-hybridized carbons (Fsp3) is 0.192. The SMILES string of the molecule is NC(C(=O)NC1C(=O)N2C(C(=O)O)=C(c3cnc(-c4ccccc4)s3)CSC12)c1ccccc1.O=C(O)C(F)(F)F. The summed E-state index contributed by atoms with van der Waals surface area (Å²) in [6.45, 7) is 0. The van der Waals surface area contributed by atoms with E-state index in [0.29, 0.717) is 21.8 Å². The average Bonchev–Trinajstić information content (AvgIpc) is 3.45. The summed E-state index contributed by atoms with van der Waals surface area (Å²) in [4.78, 5) is 53.1. The molecular formula is C26H21F3N4O6S2. The largest absolute Gasteiger partial charge is 0.490 e. The van der Waals surface area contributed by atoms with Gasteiger partial charge in [0, 0.05) is 23.1 Å². The number of nitrogens with two attached hydrogens (primary N) is 1. The molecule has 0 aliphatic carbocycles. The molecule has 3 aromatic rings. The summed E-state index contributed by atoms with van der Waals surface area (Å²) in [5.41, 5.74) is 8.11. The number of carbonyl (C=O) groups is 4. The molecule has 214 valence electrons. The number of carboxylic acids is 2. The standard InChI is InChI=1S/C24H20N4O4S2.C2HF3O2/c25-17(13-7-3-1-4-8-13)20(29)27-18-22(30)28-19(24(31)32)15(12-33-23(18)28)16-11-26-21(34-16)14-9-5-2-6-10-14;3-2(4,5)1(6)7/h1-11,17-18,23H,12,25H2,(H,27,29)(H,31,32);(H,6,7). The highest BCUT2D eigenvalue weighted by Gasteiger charge is 2.54. The third kappa shape index (κ3) is 6.42. The number of aromatic nitrogens is 1. The van der Waals surface area contributed by atoms with Crippen molar-refractivity contribution in [2.24, 2.45) is 5.73 Å². The fourth-order valence-electron chi connectivity index (χ4n) is 3.99. The van der Waals surface area contributed by atoms with Crippen molar-refractivity contribution < 1.29 is 42.6 Å². The maximum absolute atomic E-state index is 13.0. The summed E-state index contributed by atoms with van der Waals surface area (Å²) in [5, 5.41) is 20.1. The number of fused-ring (bicyclic) bond motifs is 1. The number of carbonyl (C=O) groups excluding carboxylic acids is 2. The Morgan fingerprint density at radius 1 is 1.05 bits per heavy atom. The van der Waals surface area contributed by atoms with Gasteiger partial charge in [0.2, 0.25) is 5.91 Å². The van der Waals surface area contributed by atoms with E-state index in [1.807, 2.05) is 36.4 Å². The van der Waals surface area contributed by atoms with E-state index in [9.17, 15) is 32.7 Å². The van der Waals surface area contributed by atoms with Crippen molar-refractivity contribution in [3.63, 3.8) is 0 Å². The molecular weight excluding hydrogens is 585 g/mol. The maximum Gasteiger partial charge on any atom is 0.490 e. The van der Waals surface area contributed by atoms with E-state index in [1.165, 1.54) is 28.0 Å². The predicted octanol–water partition coefficient (Wildman–Crippen LogP) is 3.34. The molecule has 3 atom stereocenters. The highest BCUT2D eigenvalue weighted by molar-refractivity contribution is 8.00. The maximum atomic E-state index is 13.0. The van der Waals surface area contributed by atoms with Crippen LogP contribution >= 0.6 is 23.1 Å². The van der Waals surface area contributed by atoms with Crippen molar-refractivity contribution in [1.29, 1.82) is 0 Å². The molecule has 5 rings (SSSR count). The monoisotopic (exact) mass is 606 g/mol. The lowest BCUT2D eigenvalue weighted by molar-refractivity contribution is -0.192. The predicted molar refractivity (Wildman–Crippen MR) is 144 cm³/mol. The number of aliphatic carboxylic acids is 2. The van der Waals surface area contributed by atoms with Gasteiger partial charge in [-0.05, 0) is 5.56 Å². The zero-order valence-corrected chi connectivity index (χ0v) is 22.4. The zero-order chi connectivity index (χ0) is 29.9. The van der Waals surface area contributed by atoms with Crippen LogP contribution in [0.25, 0.3) is 16.1 Å². The average molecular weight is 607 g/mol. The third-order valence-electron chi connectivity index (χ3n) is 5.98. The molecule has 41 heavy (non-hydrogen) atoms. The highest BCUT2D eigenvalue weighted by Crippen LogP contribution is 2.45. The Labute approximate surface area is 238 Å². The Kier molecular flexibility index (Phi) is 8.80. The molecule has 15 heteroatoms. The lowest BCUT2D eigenvalue weighted by atomic mass is 10.0. The minimum Gasteiger partial charge on any atom is -0.477 e. The molecule has 1 aromatic heterocycles. The van der Waals surface area contributed by atoms with Crippen molar-refractivity contribution in [3.8, 4) is 10.6 Å². The van der Waals surface area contributed by atoms with E-state index in [1.54, 1.807) is 30.5 Å². The van der Waals surface area contributed by atoms with Gasteiger partial charge in [-0.25, -0.2) is 14.6 Å². The molecule has 2 aliphatic heterocycles. The topological polar surface area (TPSA) is 163 Å². The van der Waals surface area contributed by atoms with Crippen molar-refractivity contribution >= 4 is 52.4 Å². The summed E-state index contributed by atoms with van der Waals surface area (Å²) < 4.78 is 31.7. The highest BCUT2D eigenvalue weighted by atomic mass is 32.2. The van der Waals surface area contributed by atoms with Gasteiger partial charge in [0.05, 0.1) is 4.88 Å². The Bertz CT molecular complexity index is 1500. The number of hydrogen-bond acceptors (Lipinski definition) is 8. The summed E-state index contributed by atoms with van der Waals surface area (Å²) in [6, 6.07) is 16.7. The second kappa shape index (κ2) is 12.1. The van der Waals surface area contributed by atoms with Crippen LogP contribution in [0.5, 0.6) is 0 Å². The minimum atomic E-state index is -5.08. The summed E-state index contributed by atoms with van der Waals surface area (Å²) in [5.74, 6) is -4.51. The molecule has 0 radical (unpaired) electrons. The van der Waals surface area contributed by atoms with Crippen molar-refractivity contribution in [2.45, 2.75) is 23.6 Å². The molecule has 2 aliphatic rings. The van der Waals surface area contributed by atoms with Crippen LogP contribution in [0.15, 0.2) is 72.6 Å². The summed E-state index contributed by atoms with van der Waals surface area (Å²) in [6.07, 6.45) is -3.44. The van der Waals surface area contributed by atoms with Crippen LogP contribution in [0.1, 0.15) is 16.5 Å². The van der Waals surface area contributed by atoms with Gasteiger partial charge in [-0.2, -0.15) is 13.2 Å². The molecule has 2 amide bonds. The van der Waals surface area contributed by atoms with Crippen molar-refractivity contribution in [1.82, 2.24) is 15.2 Å². The van der Waals surface area contributed by atoms with Crippen LogP contribution < -0.4 is 11.1 Å². The zero-order valence-electron chi connectivity index (χ0n) is 20.7. The molecule has 3 heterocycles. The second-order valence-corrected chi connectivity index (χ2v) is 10.8. The summed E-state index contributed by atoms with van der Waals surface area (Å²) in [7, 11) is 0. The van der Waals surface area contributed by atoms with E-state index >= 15 is 0 Å². The molecule has 10 nitrogen and oxygen atoms in total. The Morgan fingerprint density at radius 2 is 1.63 bits per heavy atom. The van der Waals surface area contributed by atoms with Crippen LogP contribution in [0.4, 0.5) is 13.2 Å². The van der Waals surface area contributed by atoms with Crippen LogP contribution in [0, 0.1) is 0 Å². The van der Waals surface area contributed by atoms with Crippen LogP contribution in [0.2, 0.25) is 0 Å². The van der Waals surface area contributed by atoms with Gasteiger partial charge in [-0.3, -0.25) is 14.5 Å². The number of nitrogens with zero attached hydrogens (tertiary/aromatic N) is 2. The molecule has 0 spiro atoms. The summed E-state index contributed by atoms with van der Waals surface area (Å²) >= 11 is 2.80. The van der Waals surface area contributed by atoms with Gasteiger partial charge >= 0.3 is 18.1 Å². The number of nitrogens with one attached hydrogen (secondary N) is 1. The van der Waals surface area contributed by atoms with Gasteiger partial charge < -0.3 is 21.3 Å². The van der Waals surface area contributed by atoms with E-state index < -0.39 is 47.4 Å². The first-order valence-electron chi connectivity index (χ1n) is 11.7. The van der Waals surface area contributed by atoms with Crippen molar-refractivity contribution in [3.05, 3.63) is 83.0 Å². The first kappa shape index (κ1) is 29.8. The molecule has 5 N–H and O–H groups in total. The number of halogens is 3. The first-order chi connectivity index (χ1) is 19.4. The minimum absolute atomic E-state index is 0.0603. The molecule has 0 saturated carbocycles. The van der Waals surface area contributed by atoms with E-state index in [-0.39, 0.29) is 5.70 Å². The molecule has 2 aromatic carbocycles. The number of thiazole rings is 1. The van der Waals surface area contributed by atoms with E-state index in [2.05, 4.69) is 10.3 Å². The number of hydrogen-bond donors (Lipinski definition) is 4. The lowest BCUT2D eigenvalue weighted by Crippen LogP contribution is -2.70. The normalized spacial score (nSPS) is 18.8. The van der Waals surface area contributed by atoms with Gasteiger partial charge in [-0.1, -0.05) is 60.7 Å². The molecule has 1 fully saturated rings. The van der Waals surface area contributed by atoms with Gasteiger partial charge in [-0.15, -0.1) is 23.1 Å². The van der Waals surface area contributed by atoms with E-state index in [0.717, 1.165) is 10.6 Å². The quantitative estimate of drug-likeness (QED) is 0.308. The Hall–Kier alpha value is -4.21. The van der Waals surface area contributed by atoms with Crippen molar-refractivity contribution in [2.75, 3.05) is 5.75 Å². The Balaban J connectivity index is 0.000000493. The second-order valence-electron chi connectivity index (χ2n) is 8.62. The fourth-order valence-corrected chi connectivity index (χ4v) is 6.41. The molecule has 3 unspecified atom stereocenters. The van der Waals surface area contributed by atoms with Crippen LogP contribution in [-0.2, 0) is 19.2 Å². The molecule has 0 bridgehead atoms. The first-order valence-corrected chi connectivity index (χ1v) is 13.6. The number of carboxylic acid groups (broad SMARTS) is 2. The van der Waals surface area contributed by atoms with Gasteiger partial charge in [0.15, 0.2) is 0 Å². The number of rotatable bonds is 6. The lowest BCUT2D eigenvalue weighted by Gasteiger charge is -2.49. The smallest absolute Gasteiger partial charge is 0.477 e. The molecule has 1 saturated heterocycles.